The van der Waals surface area contributed by atoms with Crippen molar-refractivity contribution < 1.29 is 5.79 Å². The molecule has 2 aliphatic heterocycles. The predicted molar refractivity (Wildman–Crippen MR) is 190 cm³/mol. The van der Waals surface area contributed by atoms with Crippen LogP contribution in [0, 0.1) is 6.92 Å². The molecule has 0 N–H and O–H groups in total. The van der Waals surface area contributed by atoms with E-state index in [0.717, 1.165) is 57.9 Å². The Morgan fingerprint density at radius 2 is 1.33 bits per heavy atom. The molecule has 0 saturated heterocycles. The molecule has 3 heterocycles. The third-order valence-electron chi connectivity index (χ3n) is 10.8. The number of hydrogen-bond acceptors (Lipinski definition) is 3. The van der Waals surface area contributed by atoms with Gasteiger partial charge in [-0.15, -0.1) is 0 Å². The second kappa shape index (κ2) is 9.17. The summed E-state index contributed by atoms with van der Waals surface area (Å²) >= 11 is 0. The first kappa shape index (κ1) is 25.6. The SMILES string of the molecule is [2H]c1cc2c3c(c1)N(c1ccccc1)c1c(oc4ccccc14)B3c1cc3c(cc1N2c1ccccc1C)C(C)(C)CCC3(C)C. The van der Waals surface area contributed by atoms with Gasteiger partial charge in [0.05, 0.1) is 12.7 Å². The molecule has 3 nitrogen and oxygen atoms in total. The molecule has 9 rings (SSSR count). The Hall–Kier alpha value is -4.70. The van der Waals surface area contributed by atoms with Crippen LogP contribution in [-0.4, -0.2) is 6.71 Å². The quantitative estimate of drug-likeness (QED) is 0.189. The first-order valence-corrected chi connectivity index (χ1v) is 16.2. The van der Waals surface area contributed by atoms with Gasteiger partial charge in [-0.05, 0) is 107 Å². The van der Waals surface area contributed by atoms with Crippen LogP contribution in [0.4, 0.5) is 34.1 Å². The fourth-order valence-electron chi connectivity index (χ4n) is 8.27. The van der Waals surface area contributed by atoms with Gasteiger partial charge in [-0.2, -0.15) is 0 Å². The summed E-state index contributed by atoms with van der Waals surface area (Å²) in [5.41, 5.74) is 15.1. The van der Waals surface area contributed by atoms with Crippen molar-refractivity contribution in [2.75, 3.05) is 9.80 Å². The number of rotatable bonds is 2. The fourth-order valence-corrected chi connectivity index (χ4v) is 8.27. The molecule has 4 heteroatoms. The average Bonchev–Trinajstić information content (AvgIpc) is 3.43. The highest BCUT2D eigenvalue weighted by atomic mass is 16.3. The van der Waals surface area contributed by atoms with Gasteiger partial charge in [-0.1, -0.05) is 88.3 Å². The Kier molecular flexibility index (Phi) is 5.22. The fraction of sp³-hybridized carbons (Fsp3) is 0.220. The van der Waals surface area contributed by atoms with Crippen molar-refractivity contribution in [1.82, 2.24) is 0 Å². The normalized spacial score (nSPS) is 17.4. The molecule has 0 fully saturated rings. The molecular formula is C41H37BN2O. The minimum Gasteiger partial charge on any atom is -0.468 e. The lowest BCUT2D eigenvalue weighted by Crippen LogP contribution is -2.61. The highest BCUT2D eigenvalue weighted by Gasteiger charge is 2.48. The van der Waals surface area contributed by atoms with Gasteiger partial charge >= 0.3 is 0 Å². The van der Waals surface area contributed by atoms with Gasteiger partial charge in [0.15, 0.2) is 0 Å². The van der Waals surface area contributed by atoms with Crippen LogP contribution in [0.25, 0.3) is 11.0 Å². The third-order valence-corrected chi connectivity index (χ3v) is 10.8. The lowest BCUT2D eigenvalue weighted by atomic mass is 9.35. The second-order valence-electron chi connectivity index (χ2n) is 14.4. The van der Waals surface area contributed by atoms with E-state index in [2.05, 4.69) is 148 Å². The summed E-state index contributed by atoms with van der Waals surface area (Å²) in [5.74, 6) is 0. The Morgan fingerprint density at radius 1 is 0.689 bits per heavy atom. The smallest absolute Gasteiger partial charge is 0.297 e. The molecule has 0 spiro atoms. The number of nitrogens with zero attached hydrogens (tertiary/aromatic N) is 2. The number of hydrogen-bond donors (Lipinski definition) is 0. The zero-order valence-electron chi connectivity index (χ0n) is 27.6. The standard InChI is InChI=1S/C41H37BN2O/c1-26-14-9-11-18-32(26)44-34-20-13-19-33-37(34)42(31-24-29-30(25-35(31)44)41(4,5)23-22-40(29,2)3)39-38(28-17-10-12-21-36(28)45-39)43(33)27-15-7-6-8-16-27/h6-21,24-25H,22-23H2,1-5H3/i13D. The summed E-state index contributed by atoms with van der Waals surface area (Å²) < 4.78 is 16.2. The van der Waals surface area contributed by atoms with Gasteiger partial charge < -0.3 is 14.2 Å². The molecule has 1 aromatic heterocycles. The van der Waals surface area contributed by atoms with Crippen molar-refractivity contribution >= 4 is 68.4 Å². The van der Waals surface area contributed by atoms with Gasteiger partial charge in [0.25, 0.3) is 6.71 Å². The van der Waals surface area contributed by atoms with E-state index in [1.165, 1.54) is 33.3 Å². The molecule has 0 amide bonds. The Balaban J connectivity index is 1.45. The van der Waals surface area contributed by atoms with E-state index in [1.807, 2.05) is 0 Å². The zero-order valence-corrected chi connectivity index (χ0v) is 26.6. The predicted octanol–water partition coefficient (Wildman–Crippen LogP) is 9.17. The maximum Gasteiger partial charge on any atom is 0.297 e. The maximum absolute atomic E-state index is 9.21. The van der Waals surface area contributed by atoms with E-state index < -0.39 is 0 Å². The third kappa shape index (κ3) is 3.66. The van der Waals surface area contributed by atoms with E-state index in [1.54, 1.807) is 0 Å². The van der Waals surface area contributed by atoms with Crippen LogP contribution in [0.15, 0.2) is 114 Å². The minimum atomic E-state index is -0.116. The molecule has 0 radical (unpaired) electrons. The van der Waals surface area contributed by atoms with Crippen LogP contribution in [0.5, 0.6) is 0 Å². The van der Waals surface area contributed by atoms with Crippen LogP contribution in [-0.2, 0) is 10.8 Å². The molecule has 3 aliphatic rings. The van der Waals surface area contributed by atoms with Crippen molar-refractivity contribution in [3.8, 4) is 0 Å². The Bertz CT molecular complexity index is 2220. The number of para-hydroxylation sites is 3. The van der Waals surface area contributed by atoms with E-state index in [0.29, 0.717) is 6.04 Å². The summed E-state index contributed by atoms with van der Waals surface area (Å²) in [4.78, 5) is 4.77. The number of fused-ring (bicyclic) bond motifs is 7. The second-order valence-corrected chi connectivity index (χ2v) is 14.4. The molecule has 0 unspecified atom stereocenters. The van der Waals surface area contributed by atoms with Gasteiger partial charge in [-0.3, -0.25) is 0 Å². The molecule has 6 aromatic rings. The maximum atomic E-state index is 9.21. The largest absolute Gasteiger partial charge is 0.468 e. The van der Waals surface area contributed by atoms with Crippen LogP contribution >= 0.6 is 0 Å². The van der Waals surface area contributed by atoms with Crippen molar-refractivity contribution in [1.29, 1.82) is 0 Å². The topological polar surface area (TPSA) is 19.6 Å². The molecule has 45 heavy (non-hydrogen) atoms. The van der Waals surface area contributed by atoms with Crippen LogP contribution in [0.3, 0.4) is 0 Å². The van der Waals surface area contributed by atoms with E-state index >= 15 is 0 Å². The average molecular weight is 586 g/mol. The van der Waals surface area contributed by atoms with Crippen LogP contribution < -0.4 is 26.4 Å². The minimum absolute atomic E-state index is 0.0567. The molecule has 0 atom stereocenters. The highest BCUT2D eigenvalue weighted by Crippen LogP contribution is 2.51. The number of furan rings is 1. The van der Waals surface area contributed by atoms with E-state index in [4.69, 9.17) is 4.42 Å². The molecule has 5 aromatic carbocycles. The first-order valence-electron chi connectivity index (χ1n) is 16.7. The van der Waals surface area contributed by atoms with E-state index in [9.17, 15) is 1.37 Å². The zero-order chi connectivity index (χ0) is 31.5. The summed E-state index contributed by atoms with van der Waals surface area (Å²) in [6, 6.07) is 37.2. The van der Waals surface area contributed by atoms with Crippen LogP contribution in [0.1, 0.15) is 58.6 Å². The van der Waals surface area contributed by atoms with Crippen molar-refractivity contribution in [3.05, 3.63) is 126 Å². The molecule has 220 valence electrons. The molecule has 1 aliphatic carbocycles. The lowest BCUT2D eigenvalue weighted by molar-refractivity contribution is 0.332. The lowest BCUT2D eigenvalue weighted by Gasteiger charge is -2.46. The molecule has 0 saturated carbocycles. The first-order chi connectivity index (χ1) is 22.1. The number of aryl methyl sites for hydroxylation is 1. The summed E-state index contributed by atoms with van der Waals surface area (Å²) in [6.45, 7) is 11.7. The Morgan fingerprint density at radius 3 is 2.09 bits per heavy atom. The van der Waals surface area contributed by atoms with Crippen molar-refractivity contribution in [2.24, 2.45) is 0 Å². The number of anilines is 6. The van der Waals surface area contributed by atoms with Gasteiger partial charge in [0, 0.05) is 33.8 Å². The molecular weight excluding hydrogens is 547 g/mol. The summed E-state index contributed by atoms with van der Waals surface area (Å²) in [6.07, 6.45) is 2.30. The molecule has 0 bridgehead atoms. The van der Waals surface area contributed by atoms with Gasteiger partial charge in [-0.25, -0.2) is 0 Å². The summed E-state index contributed by atoms with van der Waals surface area (Å²) in [5, 5.41) is 1.09. The monoisotopic (exact) mass is 585 g/mol. The van der Waals surface area contributed by atoms with Crippen molar-refractivity contribution in [3.63, 3.8) is 0 Å². The Labute approximate surface area is 267 Å². The number of benzene rings is 5. The van der Waals surface area contributed by atoms with Gasteiger partial charge in [0.1, 0.15) is 5.58 Å². The van der Waals surface area contributed by atoms with E-state index in [-0.39, 0.29) is 17.5 Å². The van der Waals surface area contributed by atoms with Gasteiger partial charge in [0.2, 0.25) is 0 Å². The van der Waals surface area contributed by atoms with Crippen LogP contribution in [0.2, 0.25) is 0 Å². The van der Waals surface area contributed by atoms with Crippen molar-refractivity contribution in [2.45, 2.75) is 58.3 Å². The highest BCUT2D eigenvalue weighted by molar-refractivity contribution is 7.00. The summed E-state index contributed by atoms with van der Waals surface area (Å²) in [7, 11) is 0.